The highest BCUT2D eigenvalue weighted by atomic mass is 16.5. The first kappa shape index (κ1) is 10.3. The summed E-state index contributed by atoms with van der Waals surface area (Å²) in [7, 11) is 1.44. The summed E-state index contributed by atoms with van der Waals surface area (Å²) in [6.07, 6.45) is 4.59. The Kier molecular flexibility index (Phi) is 3.09. The molecule has 0 aromatic heterocycles. The van der Waals surface area contributed by atoms with E-state index in [2.05, 4.69) is 6.08 Å². The molecule has 0 spiro atoms. The lowest BCUT2D eigenvalue weighted by atomic mass is 9.76. The highest BCUT2D eigenvalue weighted by Gasteiger charge is 2.35. The molecule has 0 heterocycles. The molecule has 0 aromatic carbocycles. The summed E-state index contributed by atoms with van der Waals surface area (Å²) in [4.78, 5) is 11.4. The van der Waals surface area contributed by atoms with Gasteiger partial charge in [-0.15, -0.1) is 0 Å². The van der Waals surface area contributed by atoms with Crippen molar-refractivity contribution in [2.24, 2.45) is 11.1 Å². The van der Waals surface area contributed by atoms with E-state index in [1.54, 1.807) is 0 Å². The van der Waals surface area contributed by atoms with Gasteiger partial charge in [-0.05, 0) is 26.2 Å². The molecule has 0 saturated carbocycles. The van der Waals surface area contributed by atoms with E-state index < -0.39 is 0 Å². The molecule has 74 valence electrons. The van der Waals surface area contributed by atoms with Gasteiger partial charge in [0.15, 0.2) is 0 Å². The molecular weight excluding hydrogens is 166 g/mol. The van der Waals surface area contributed by atoms with Crippen LogP contribution in [-0.2, 0) is 9.53 Å². The summed E-state index contributed by atoms with van der Waals surface area (Å²) >= 11 is 0. The van der Waals surface area contributed by atoms with Crippen LogP contribution in [0.1, 0.15) is 26.2 Å². The van der Waals surface area contributed by atoms with E-state index in [0.717, 1.165) is 19.3 Å². The molecule has 1 aliphatic carbocycles. The number of hydrogen-bond acceptors (Lipinski definition) is 3. The van der Waals surface area contributed by atoms with Crippen molar-refractivity contribution in [2.45, 2.75) is 26.2 Å². The summed E-state index contributed by atoms with van der Waals surface area (Å²) in [5, 5.41) is 0. The van der Waals surface area contributed by atoms with Crippen LogP contribution in [0.15, 0.2) is 11.6 Å². The summed E-state index contributed by atoms with van der Waals surface area (Å²) in [5.41, 5.74) is 6.44. The van der Waals surface area contributed by atoms with Gasteiger partial charge in [0.05, 0.1) is 12.5 Å². The average molecular weight is 183 g/mol. The van der Waals surface area contributed by atoms with Crippen LogP contribution in [0, 0.1) is 5.41 Å². The number of rotatable bonds is 2. The predicted molar refractivity (Wildman–Crippen MR) is 51.1 cm³/mol. The fourth-order valence-corrected chi connectivity index (χ4v) is 1.63. The minimum atomic E-state index is -0.326. The number of carbonyl (C=O) groups excluding carboxylic acids is 1. The monoisotopic (exact) mass is 183 g/mol. The van der Waals surface area contributed by atoms with E-state index in [0.29, 0.717) is 6.54 Å². The molecule has 3 nitrogen and oxygen atoms in total. The Morgan fingerprint density at radius 1 is 1.77 bits per heavy atom. The van der Waals surface area contributed by atoms with Gasteiger partial charge in [0.25, 0.3) is 0 Å². The standard InChI is InChI=1S/C10H17NO2/c1-10(9(12)13-2)5-3-8(7-11)4-6-10/h3H,4-7,11H2,1-2H3. The fraction of sp³-hybridized carbons (Fsp3) is 0.700. The highest BCUT2D eigenvalue weighted by Crippen LogP contribution is 2.35. The lowest BCUT2D eigenvalue weighted by Crippen LogP contribution is -2.31. The molecule has 1 rings (SSSR count). The quantitative estimate of drug-likeness (QED) is 0.517. The molecular formula is C10H17NO2. The van der Waals surface area contributed by atoms with Gasteiger partial charge in [-0.25, -0.2) is 0 Å². The van der Waals surface area contributed by atoms with E-state index in [9.17, 15) is 4.79 Å². The Labute approximate surface area is 78.9 Å². The first-order valence-electron chi connectivity index (χ1n) is 4.59. The fourth-order valence-electron chi connectivity index (χ4n) is 1.63. The maximum Gasteiger partial charge on any atom is 0.311 e. The first-order valence-corrected chi connectivity index (χ1v) is 4.59. The minimum absolute atomic E-state index is 0.111. The van der Waals surface area contributed by atoms with Crippen LogP contribution in [0.3, 0.4) is 0 Å². The van der Waals surface area contributed by atoms with Crippen LogP contribution in [0.25, 0.3) is 0 Å². The topological polar surface area (TPSA) is 52.3 Å². The Morgan fingerprint density at radius 2 is 2.46 bits per heavy atom. The zero-order valence-corrected chi connectivity index (χ0v) is 8.30. The van der Waals surface area contributed by atoms with Crippen molar-refractivity contribution >= 4 is 5.97 Å². The predicted octanol–water partition coefficient (Wildman–Crippen LogP) is 1.23. The summed E-state index contributed by atoms with van der Waals surface area (Å²) in [6.45, 7) is 2.56. The van der Waals surface area contributed by atoms with Gasteiger partial charge in [0.2, 0.25) is 0 Å². The van der Waals surface area contributed by atoms with Crippen LogP contribution in [-0.4, -0.2) is 19.6 Å². The second-order valence-corrected chi connectivity index (χ2v) is 3.82. The molecule has 1 atom stereocenters. The van der Waals surface area contributed by atoms with Crippen LogP contribution in [0.5, 0.6) is 0 Å². The maximum absolute atomic E-state index is 11.4. The number of carbonyl (C=O) groups is 1. The Balaban J connectivity index is 2.66. The highest BCUT2D eigenvalue weighted by molar-refractivity contribution is 5.76. The van der Waals surface area contributed by atoms with Crippen LogP contribution in [0.2, 0.25) is 0 Å². The molecule has 0 saturated heterocycles. The summed E-state index contributed by atoms with van der Waals surface area (Å²) in [5.74, 6) is -0.111. The number of ether oxygens (including phenoxy) is 1. The third-order valence-electron chi connectivity index (χ3n) is 2.78. The Hall–Kier alpha value is -0.830. The van der Waals surface area contributed by atoms with Crippen molar-refractivity contribution < 1.29 is 9.53 Å². The maximum atomic E-state index is 11.4. The van der Waals surface area contributed by atoms with Crippen molar-refractivity contribution in [2.75, 3.05) is 13.7 Å². The van der Waals surface area contributed by atoms with E-state index in [1.165, 1.54) is 12.7 Å². The normalized spacial score (nSPS) is 28.1. The van der Waals surface area contributed by atoms with Crippen LogP contribution >= 0.6 is 0 Å². The van der Waals surface area contributed by atoms with Gasteiger partial charge >= 0.3 is 5.97 Å². The molecule has 1 unspecified atom stereocenters. The van der Waals surface area contributed by atoms with Gasteiger partial charge < -0.3 is 10.5 Å². The minimum Gasteiger partial charge on any atom is -0.469 e. The largest absolute Gasteiger partial charge is 0.469 e. The third kappa shape index (κ3) is 2.10. The molecule has 0 fully saturated rings. The molecule has 0 amide bonds. The molecule has 0 bridgehead atoms. The lowest BCUT2D eigenvalue weighted by molar-refractivity contribution is -0.152. The van der Waals surface area contributed by atoms with Crippen molar-refractivity contribution in [3.05, 3.63) is 11.6 Å². The van der Waals surface area contributed by atoms with E-state index in [-0.39, 0.29) is 11.4 Å². The van der Waals surface area contributed by atoms with Crippen LogP contribution < -0.4 is 5.73 Å². The number of nitrogens with two attached hydrogens (primary N) is 1. The zero-order chi connectivity index (χ0) is 9.90. The van der Waals surface area contributed by atoms with Gasteiger partial charge in [0.1, 0.15) is 0 Å². The van der Waals surface area contributed by atoms with Gasteiger partial charge in [0, 0.05) is 6.54 Å². The smallest absolute Gasteiger partial charge is 0.311 e. The Morgan fingerprint density at radius 3 is 2.85 bits per heavy atom. The number of hydrogen-bond donors (Lipinski definition) is 1. The van der Waals surface area contributed by atoms with E-state index >= 15 is 0 Å². The summed E-state index contributed by atoms with van der Waals surface area (Å²) < 4.78 is 4.76. The molecule has 0 aliphatic heterocycles. The van der Waals surface area contributed by atoms with Crippen LogP contribution in [0.4, 0.5) is 0 Å². The molecule has 1 aliphatic rings. The van der Waals surface area contributed by atoms with E-state index in [4.69, 9.17) is 10.5 Å². The van der Waals surface area contributed by atoms with E-state index in [1.807, 2.05) is 6.92 Å². The third-order valence-corrected chi connectivity index (χ3v) is 2.78. The number of esters is 1. The molecule has 3 heteroatoms. The van der Waals surface area contributed by atoms with Crippen molar-refractivity contribution in [3.8, 4) is 0 Å². The molecule has 2 N–H and O–H groups in total. The Bertz CT molecular complexity index is 235. The van der Waals surface area contributed by atoms with Gasteiger partial charge in [-0.1, -0.05) is 11.6 Å². The van der Waals surface area contributed by atoms with Gasteiger partial charge in [-0.2, -0.15) is 0 Å². The van der Waals surface area contributed by atoms with Crippen molar-refractivity contribution in [3.63, 3.8) is 0 Å². The SMILES string of the molecule is COC(=O)C1(C)CC=C(CN)CC1. The van der Waals surface area contributed by atoms with Gasteiger partial charge in [-0.3, -0.25) is 4.79 Å². The zero-order valence-electron chi connectivity index (χ0n) is 8.30. The molecule has 0 radical (unpaired) electrons. The lowest BCUT2D eigenvalue weighted by Gasteiger charge is -2.29. The summed E-state index contributed by atoms with van der Waals surface area (Å²) in [6, 6.07) is 0. The van der Waals surface area contributed by atoms with Crippen molar-refractivity contribution in [1.82, 2.24) is 0 Å². The van der Waals surface area contributed by atoms with Crippen molar-refractivity contribution in [1.29, 1.82) is 0 Å². The number of allylic oxidation sites excluding steroid dienone is 1. The molecule has 13 heavy (non-hydrogen) atoms. The first-order chi connectivity index (χ1) is 6.12. The molecule has 0 aromatic rings. The second-order valence-electron chi connectivity index (χ2n) is 3.82. The number of methoxy groups -OCH3 is 1. The second kappa shape index (κ2) is 3.92. The average Bonchev–Trinajstić information content (AvgIpc) is 2.18.